The molecule has 166 valence electrons. The van der Waals surface area contributed by atoms with Crippen molar-refractivity contribution in [3.8, 4) is 11.5 Å². The molecule has 0 amide bonds. The number of hydrogen-bond acceptors (Lipinski definition) is 4. The molecule has 0 spiro atoms. The molecule has 3 heterocycles. The Kier molecular flexibility index (Phi) is 5.85. The van der Waals surface area contributed by atoms with Crippen LogP contribution in [0.15, 0.2) is 94.6 Å². The van der Waals surface area contributed by atoms with Crippen molar-refractivity contribution in [3.05, 3.63) is 102 Å². The molecule has 0 aliphatic carbocycles. The number of hydrogen-bond donors (Lipinski definition) is 1. The van der Waals surface area contributed by atoms with Gasteiger partial charge in [0.2, 0.25) is 5.09 Å². The van der Waals surface area contributed by atoms with E-state index in [1.165, 1.54) is 6.07 Å². The molecule has 0 aliphatic heterocycles. The predicted molar refractivity (Wildman–Crippen MR) is 125 cm³/mol. The number of nitrogens with one attached hydrogen (secondary N) is 1. The molecule has 0 radical (unpaired) electrons. The number of pyridine rings is 1. The number of aromatic nitrogens is 3. The van der Waals surface area contributed by atoms with E-state index in [0.29, 0.717) is 27.8 Å². The molecular formula is C25H21FN4O2S. The van der Waals surface area contributed by atoms with Gasteiger partial charge in [-0.05, 0) is 42.8 Å². The Morgan fingerprint density at radius 3 is 2.64 bits per heavy atom. The molecule has 2 aromatic carbocycles. The molecule has 2 atom stereocenters. The summed E-state index contributed by atoms with van der Waals surface area (Å²) < 4.78 is 37.7. The van der Waals surface area contributed by atoms with E-state index >= 15 is 0 Å². The maximum atomic E-state index is 14.2. The maximum Gasteiger partial charge on any atom is 0.206 e. The minimum atomic E-state index is -1.54. The number of nitrogens with zero attached hydrogens (tertiary/aromatic N) is 3. The van der Waals surface area contributed by atoms with Gasteiger partial charge in [0.25, 0.3) is 0 Å². The zero-order valence-electron chi connectivity index (χ0n) is 17.8. The van der Waals surface area contributed by atoms with E-state index in [1.807, 2.05) is 49.4 Å². The van der Waals surface area contributed by atoms with E-state index in [2.05, 4.69) is 14.8 Å². The second kappa shape index (κ2) is 9.09. The normalized spacial score (nSPS) is 13.3. The van der Waals surface area contributed by atoms with Crippen LogP contribution in [0.5, 0.6) is 0 Å². The molecule has 0 aliphatic rings. The third-order valence-corrected chi connectivity index (χ3v) is 6.52. The molecule has 0 fully saturated rings. The van der Waals surface area contributed by atoms with Crippen molar-refractivity contribution in [2.75, 3.05) is 0 Å². The summed E-state index contributed by atoms with van der Waals surface area (Å²) in [5.41, 5.74) is 2.72. The Labute approximate surface area is 192 Å². The van der Waals surface area contributed by atoms with Crippen molar-refractivity contribution < 1.29 is 13.0 Å². The van der Waals surface area contributed by atoms with Gasteiger partial charge in [0.1, 0.15) is 11.5 Å². The van der Waals surface area contributed by atoms with Crippen molar-refractivity contribution in [1.82, 2.24) is 19.5 Å². The Balaban J connectivity index is 1.43. The SMILES string of the molecule is CC(NS(=O)c1ccc(-c2nn(Cc3ccccc3F)c3ncccc23)o1)c1ccccc1. The van der Waals surface area contributed by atoms with Crippen molar-refractivity contribution in [2.45, 2.75) is 24.6 Å². The molecule has 5 rings (SSSR count). The van der Waals surface area contributed by atoms with Crippen LogP contribution in [0.2, 0.25) is 0 Å². The molecule has 1 N–H and O–H groups in total. The Morgan fingerprint density at radius 1 is 1.03 bits per heavy atom. The van der Waals surface area contributed by atoms with Gasteiger partial charge in [0.05, 0.1) is 11.9 Å². The van der Waals surface area contributed by atoms with Crippen molar-refractivity contribution in [1.29, 1.82) is 0 Å². The zero-order chi connectivity index (χ0) is 22.8. The first kappa shape index (κ1) is 21.2. The highest BCUT2D eigenvalue weighted by Crippen LogP contribution is 2.30. The zero-order valence-corrected chi connectivity index (χ0v) is 18.6. The van der Waals surface area contributed by atoms with Gasteiger partial charge in [-0.25, -0.2) is 23.0 Å². The molecule has 3 aromatic heterocycles. The van der Waals surface area contributed by atoms with Crippen LogP contribution in [-0.4, -0.2) is 19.0 Å². The van der Waals surface area contributed by atoms with Gasteiger partial charge >= 0.3 is 0 Å². The first-order valence-electron chi connectivity index (χ1n) is 10.5. The fourth-order valence-corrected chi connectivity index (χ4v) is 4.60. The summed E-state index contributed by atoms with van der Waals surface area (Å²) in [5, 5.41) is 5.72. The lowest BCUT2D eigenvalue weighted by molar-refractivity contribution is 0.471. The topological polar surface area (TPSA) is 73.0 Å². The lowest BCUT2D eigenvalue weighted by Crippen LogP contribution is -2.21. The number of rotatable bonds is 7. The van der Waals surface area contributed by atoms with Gasteiger partial charge in [-0.2, -0.15) is 5.10 Å². The van der Waals surface area contributed by atoms with Gasteiger partial charge in [0.15, 0.2) is 22.4 Å². The average molecular weight is 461 g/mol. The lowest BCUT2D eigenvalue weighted by Gasteiger charge is -2.12. The summed E-state index contributed by atoms with van der Waals surface area (Å²) >= 11 is 0. The van der Waals surface area contributed by atoms with E-state index in [-0.39, 0.29) is 18.4 Å². The fourth-order valence-electron chi connectivity index (χ4n) is 3.67. The van der Waals surface area contributed by atoms with Crippen LogP contribution in [0.4, 0.5) is 4.39 Å². The highest BCUT2D eigenvalue weighted by atomic mass is 32.2. The van der Waals surface area contributed by atoms with Crippen molar-refractivity contribution >= 4 is 22.0 Å². The largest absolute Gasteiger partial charge is 0.444 e. The minimum Gasteiger partial charge on any atom is -0.444 e. The van der Waals surface area contributed by atoms with Gasteiger partial charge in [-0.15, -0.1) is 0 Å². The Hall–Kier alpha value is -3.62. The van der Waals surface area contributed by atoms with Crippen molar-refractivity contribution in [3.63, 3.8) is 0 Å². The van der Waals surface area contributed by atoms with Crippen LogP contribution in [0.3, 0.4) is 0 Å². The van der Waals surface area contributed by atoms with E-state index in [9.17, 15) is 8.60 Å². The van der Waals surface area contributed by atoms with Crippen LogP contribution in [-0.2, 0) is 17.5 Å². The number of benzene rings is 2. The van der Waals surface area contributed by atoms with Crippen LogP contribution >= 0.6 is 0 Å². The quantitative estimate of drug-likeness (QED) is 0.360. The van der Waals surface area contributed by atoms with Crippen LogP contribution < -0.4 is 4.72 Å². The second-order valence-electron chi connectivity index (χ2n) is 7.61. The van der Waals surface area contributed by atoms with E-state index in [1.54, 1.807) is 41.2 Å². The maximum absolute atomic E-state index is 14.2. The van der Waals surface area contributed by atoms with Gasteiger partial charge in [-0.3, -0.25) is 0 Å². The Morgan fingerprint density at radius 2 is 1.82 bits per heavy atom. The average Bonchev–Trinajstić information content (AvgIpc) is 3.47. The smallest absolute Gasteiger partial charge is 0.206 e. The Bertz CT molecular complexity index is 1430. The summed E-state index contributed by atoms with van der Waals surface area (Å²) in [6.45, 7) is 2.18. The molecule has 0 saturated heterocycles. The summed E-state index contributed by atoms with van der Waals surface area (Å²) in [5.74, 6) is 0.172. The molecule has 0 saturated carbocycles. The van der Waals surface area contributed by atoms with E-state index in [0.717, 1.165) is 10.9 Å². The van der Waals surface area contributed by atoms with Crippen LogP contribution in [0, 0.1) is 5.82 Å². The number of halogens is 1. The third-order valence-electron chi connectivity index (χ3n) is 5.37. The summed E-state index contributed by atoms with van der Waals surface area (Å²) in [7, 11) is -1.54. The highest BCUT2D eigenvalue weighted by Gasteiger charge is 2.20. The molecule has 2 unspecified atom stereocenters. The third kappa shape index (κ3) is 4.35. The van der Waals surface area contributed by atoms with E-state index in [4.69, 9.17) is 4.42 Å². The minimum absolute atomic E-state index is 0.120. The molecule has 0 bridgehead atoms. The summed E-state index contributed by atoms with van der Waals surface area (Å²) in [6, 6.07) is 23.4. The second-order valence-corrected chi connectivity index (χ2v) is 8.79. The van der Waals surface area contributed by atoms with Gasteiger partial charge < -0.3 is 4.42 Å². The summed E-state index contributed by atoms with van der Waals surface area (Å²) in [4.78, 5) is 4.43. The first-order valence-corrected chi connectivity index (χ1v) is 11.6. The lowest BCUT2D eigenvalue weighted by atomic mass is 10.1. The van der Waals surface area contributed by atoms with E-state index < -0.39 is 11.0 Å². The highest BCUT2D eigenvalue weighted by molar-refractivity contribution is 7.82. The predicted octanol–water partition coefficient (Wildman–Crippen LogP) is 5.25. The summed E-state index contributed by atoms with van der Waals surface area (Å²) in [6.07, 6.45) is 1.67. The standard InChI is InChI=1S/C25H21FN4O2S/c1-17(18-8-3-2-4-9-18)29-33(31)23-14-13-22(32-23)24-20-11-7-15-27-25(20)30(28-24)16-19-10-5-6-12-21(19)26/h2-15,17,29H,16H2,1H3. The fraction of sp³-hybridized carbons (Fsp3) is 0.120. The number of furan rings is 1. The number of fused-ring (bicyclic) bond motifs is 1. The van der Waals surface area contributed by atoms with Gasteiger partial charge in [-0.1, -0.05) is 48.5 Å². The molecule has 5 aromatic rings. The van der Waals surface area contributed by atoms with Crippen LogP contribution in [0.1, 0.15) is 24.1 Å². The van der Waals surface area contributed by atoms with Crippen molar-refractivity contribution in [2.24, 2.45) is 0 Å². The molecule has 6 nitrogen and oxygen atoms in total. The molecule has 8 heteroatoms. The monoisotopic (exact) mass is 460 g/mol. The molecular weight excluding hydrogens is 439 g/mol. The van der Waals surface area contributed by atoms with Gasteiger partial charge in [0, 0.05) is 17.8 Å². The first-order chi connectivity index (χ1) is 16.1. The molecule has 33 heavy (non-hydrogen) atoms. The van der Waals surface area contributed by atoms with Crippen LogP contribution in [0.25, 0.3) is 22.5 Å².